The first kappa shape index (κ1) is 22.4. The summed E-state index contributed by atoms with van der Waals surface area (Å²) in [6.45, 7) is 3.78. The van der Waals surface area contributed by atoms with Gasteiger partial charge in [0.15, 0.2) is 16.3 Å². The number of aromatic hydroxyl groups is 1. The number of aromatic nitrogens is 1. The molecule has 0 unspecified atom stereocenters. The zero-order chi connectivity index (χ0) is 24.0. The van der Waals surface area contributed by atoms with E-state index >= 15 is 0 Å². The summed E-state index contributed by atoms with van der Waals surface area (Å²) in [5, 5.41) is 9.77. The normalized spacial score (nSPS) is 16.9. The molecule has 0 spiro atoms. The van der Waals surface area contributed by atoms with Gasteiger partial charge in [-0.1, -0.05) is 23.5 Å². The predicted octanol–water partition coefficient (Wildman–Crippen LogP) is 3.00. The van der Waals surface area contributed by atoms with Crippen molar-refractivity contribution in [1.82, 2.24) is 4.57 Å². The van der Waals surface area contributed by atoms with E-state index in [0.29, 0.717) is 42.1 Å². The van der Waals surface area contributed by atoms with Crippen LogP contribution >= 0.6 is 27.3 Å². The van der Waals surface area contributed by atoms with Crippen LogP contribution in [0.5, 0.6) is 17.2 Å². The SMILES string of the molecule is CCOC(=O)C1=C(C)N=c2s/c(=C\c3ccc(O)c(Br)c3)c(=O)n2[C@H]1c1ccc2c(c1)OCO2. The quantitative estimate of drug-likeness (QED) is 0.509. The van der Waals surface area contributed by atoms with E-state index < -0.39 is 12.0 Å². The van der Waals surface area contributed by atoms with E-state index in [2.05, 4.69) is 20.9 Å². The van der Waals surface area contributed by atoms with Gasteiger partial charge in [0.25, 0.3) is 5.56 Å². The average molecular weight is 543 g/mol. The molecule has 1 aromatic heterocycles. The Labute approximate surface area is 206 Å². The molecule has 3 aromatic rings. The van der Waals surface area contributed by atoms with E-state index in [1.54, 1.807) is 50.3 Å². The summed E-state index contributed by atoms with van der Waals surface area (Å²) in [6.07, 6.45) is 1.73. The van der Waals surface area contributed by atoms with Gasteiger partial charge in [0.2, 0.25) is 6.79 Å². The number of phenols is 1. The monoisotopic (exact) mass is 542 g/mol. The lowest BCUT2D eigenvalue weighted by molar-refractivity contribution is -0.139. The van der Waals surface area contributed by atoms with E-state index in [0.717, 1.165) is 5.56 Å². The van der Waals surface area contributed by atoms with E-state index in [1.165, 1.54) is 15.9 Å². The number of hydrogen-bond donors (Lipinski definition) is 1. The van der Waals surface area contributed by atoms with Gasteiger partial charge in [0.1, 0.15) is 5.75 Å². The molecule has 0 saturated carbocycles. The highest BCUT2D eigenvalue weighted by Crippen LogP contribution is 2.38. The van der Waals surface area contributed by atoms with Crippen molar-refractivity contribution < 1.29 is 24.1 Å². The van der Waals surface area contributed by atoms with Gasteiger partial charge in [-0.15, -0.1) is 0 Å². The molecule has 0 saturated heterocycles. The zero-order valence-corrected chi connectivity index (χ0v) is 20.6. The highest BCUT2D eigenvalue weighted by molar-refractivity contribution is 9.10. The van der Waals surface area contributed by atoms with E-state index in [1.807, 2.05) is 6.07 Å². The summed E-state index contributed by atoms with van der Waals surface area (Å²) in [7, 11) is 0. The standard InChI is InChI=1S/C24H19BrN2O6S/c1-3-31-23(30)20-12(2)26-24-27(21(20)14-5-7-17-18(10-14)33-11-32-17)22(29)19(34-24)9-13-4-6-16(28)15(25)8-13/h4-10,21,28H,3,11H2,1-2H3/b19-9-/t21-/m0/s1. The van der Waals surface area contributed by atoms with Gasteiger partial charge in [-0.25, -0.2) is 9.79 Å². The number of carbonyl (C=O) groups excluding carboxylic acids is 1. The Bertz CT molecular complexity index is 1540. The van der Waals surface area contributed by atoms with Crippen LogP contribution in [0.1, 0.15) is 31.0 Å². The number of phenolic OH excluding ortho intramolecular Hbond substituents is 1. The molecule has 10 heteroatoms. The predicted molar refractivity (Wildman–Crippen MR) is 129 cm³/mol. The first-order valence-electron chi connectivity index (χ1n) is 10.4. The Kier molecular flexibility index (Phi) is 5.78. The van der Waals surface area contributed by atoms with Crippen LogP contribution in [-0.2, 0) is 9.53 Å². The molecule has 1 N–H and O–H groups in total. The number of halogens is 1. The molecule has 0 bridgehead atoms. The third kappa shape index (κ3) is 3.82. The lowest BCUT2D eigenvalue weighted by atomic mass is 9.95. The van der Waals surface area contributed by atoms with E-state index in [9.17, 15) is 14.7 Å². The molecule has 34 heavy (non-hydrogen) atoms. The topological polar surface area (TPSA) is 99.4 Å². The molecule has 0 amide bonds. The maximum atomic E-state index is 13.6. The van der Waals surface area contributed by atoms with Crippen molar-refractivity contribution in [3.8, 4) is 17.2 Å². The molecule has 5 rings (SSSR count). The van der Waals surface area contributed by atoms with Gasteiger partial charge in [0.05, 0.1) is 32.9 Å². The van der Waals surface area contributed by atoms with Crippen molar-refractivity contribution in [3.05, 3.63) is 83.0 Å². The zero-order valence-electron chi connectivity index (χ0n) is 18.2. The van der Waals surface area contributed by atoms with Crippen molar-refractivity contribution in [3.63, 3.8) is 0 Å². The molecule has 0 fully saturated rings. The van der Waals surface area contributed by atoms with Crippen LogP contribution in [0.3, 0.4) is 0 Å². The number of thiazole rings is 1. The van der Waals surface area contributed by atoms with Crippen LogP contribution in [0.2, 0.25) is 0 Å². The number of rotatable bonds is 4. The van der Waals surface area contributed by atoms with Crippen LogP contribution in [0.4, 0.5) is 0 Å². The van der Waals surface area contributed by atoms with Crippen LogP contribution < -0.4 is 24.4 Å². The maximum Gasteiger partial charge on any atom is 0.338 e. The fraction of sp³-hybridized carbons (Fsp3) is 0.208. The minimum atomic E-state index is -0.737. The molecule has 2 aliphatic rings. The van der Waals surface area contributed by atoms with Crippen LogP contribution in [0.25, 0.3) is 6.08 Å². The summed E-state index contributed by atoms with van der Waals surface area (Å²) < 4.78 is 18.7. The highest BCUT2D eigenvalue weighted by Gasteiger charge is 2.34. The van der Waals surface area contributed by atoms with Gasteiger partial charge < -0.3 is 19.3 Å². The minimum Gasteiger partial charge on any atom is -0.507 e. The number of benzene rings is 2. The second-order valence-corrected chi connectivity index (χ2v) is 9.49. The first-order chi connectivity index (χ1) is 16.4. The first-order valence-corrected chi connectivity index (χ1v) is 12.1. The number of fused-ring (bicyclic) bond motifs is 2. The summed E-state index contributed by atoms with van der Waals surface area (Å²) in [5.41, 5.74) is 1.91. The second-order valence-electron chi connectivity index (χ2n) is 7.63. The molecule has 3 heterocycles. The highest BCUT2D eigenvalue weighted by atomic mass is 79.9. The average Bonchev–Trinajstić information content (AvgIpc) is 3.39. The van der Waals surface area contributed by atoms with E-state index in [4.69, 9.17) is 14.2 Å². The molecule has 174 valence electrons. The molecule has 0 aliphatic carbocycles. The Hall–Kier alpha value is -3.37. The summed E-state index contributed by atoms with van der Waals surface area (Å²) in [5.74, 6) is 0.734. The van der Waals surface area contributed by atoms with Crippen molar-refractivity contribution in [1.29, 1.82) is 0 Å². The number of esters is 1. The lowest BCUT2D eigenvalue weighted by Gasteiger charge is -2.24. The Balaban J connectivity index is 1.72. The lowest BCUT2D eigenvalue weighted by Crippen LogP contribution is -2.39. The van der Waals surface area contributed by atoms with Crippen LogP contribution in [0, 0.1) is 0 Å². The van der Waals surface area contributed by atoms with E-state index in [-0.39, 0.29) is 24.7 Å². The van der Waals surface area contributed by atoms with Gasteiger partial charge >= 0.3 is 5.97 Å². The van der Waals surface area contributed by atoms with Crippen LogP contribution in [0.15, 0.2) is 61.9 Å². The van der Waals surface area contributed by atoms with Crippen LogP contribution in [-0.4, -0.2) is 29.0 Å². The van der Waals surface area contributed by atoms with Gasteiger partial charge in [0, 0.05) is 0 Å². The molecular weight excluding hydrogens is 524 g/mol. The Morgan fingerprint density at radius 2 is 2.09 bits per heavy atom. The number of allylic oxidation sites excluding steroid dienone is 1. The minimum absolute atomic E-state index is 0.108. The maximum absolute atomic E-state index is 13.6. The summed E-state index contributed by atoms with van der Waals surface area (Å²) in [4.78, 5) is 31.6. The number of hydrogen-bond acceptors (Lipinski definition) is 8. The Morgan fingerprint density at radius 3 is 2.85 bits per heavy atom. The smallest absolute Gasteiger partial charge is 0.338 e. The molecule has 2 aromatic carbocycles. The molecular formula is C24H19BrN2O6S. The third-order valence-electron chi connectivity index (χ3n) is 5.50. The molecule has 1 atom stereocenters. The number of nitrogens with zero attached hydrogens (tertiary/aromatic N) is 2. The largest absolute Gasteiger partial charge is 0.507 e. The fourth-order valence-electron chi connectivity index (χ4n) is 3.95. The number of carbonyl (C=O) groups is 1. The van der Waals surface area contributed by atoms with Crippen molar-refractivity contribution in [2.45, 2.75) is 19.9 Å². The molecule has 8 nitrogen and oxygen atoms in total. The third-order valence-corrected chi connectivity index (χ3v) is 7.12. The fourth-order valence-corrected chi connectivity index (χ4v) is 5.40. The number of ether oxygens (including phenoxy) is 3. The van der Waals surface area contributed by atoms with Gasteiger partial charge in [-0.3, -0.25) is 9.36 Å². The van der Waals surface area contributed by atoms with Gasteiger partial charge in [-0.2, -0.15) is 0 Å². The summed E-state index contributed by atoms with van der Waals surface area (Å²) in [6, 6.07) is 9.59. The summed E-state index contributed by atoms with van der Waals surface area (Å²) >= 11 is 4.53. The molecule has 0 radical (unpaired) electrons. The van der Waals surface area contributed by atoms with Gasteiger partial charge in [-0.05, 0) is 71.2 Å². The van der Waals surface area contributed by atoms with Crippen molar-refractivity contribution >= 4 is 39.3 Å². The Morgan fingerprint density at radius 1 is 1.29 bits per heavy atom. The second kappa shape index (κ2) is 8.77. The molecule has 2 aliphatic heterocycles. The van der Waals surface area contributed by atoms with Crippen molar-refractivity contribution in [2.75, 3.05) is 13.4 Å². The van der Waals surface area contributed by atoms with Crippen molar-refractivity contribution in [2.24, 2.45) is 4.99 Å².